The molecule has 0 aliphatic carbocycles. The van der Waals surface area contributed by atoms with E-state index in [0.29, 0.717) is 5.69 Å². The minimum atomic E-state index is -3.53. The number of carbonyl (C=O) groups excluding carboxylic acids is 2. The standard InChI is InChI=1S/C19H23N3O4S/c1-4-14-9-5-7-11-16(14)20-18(23)13-22(2)19(24)15-10-6-8-12-17(15)21-27(3,25)26/h5-12,21H,4,13H2,1-3H3,(H,20,23). The van der Waals surface area contributed by atoms with Gasteiger partial charge in [-0.2, -0.15) is 0 Å². The smallest absolute Gasteiger partial charge is 0.256 e. The molecule has 0 unspecified atom stereocenters. The first-order chi connectivity index (χ1) is 12.7. The maximum absolute atomic E-state index is 12.7. The fourth-order valence-corrected chi connectivity index (χ4v) is 3.17. The van der Waals surface area contributed by atoms with Crippen molar-refractivity contribution in [2.45, 2.75) is 13.3 Å². The zero-order valence-electron chi connectivity index (χ0n) is 15.5. The van der Waals surface area contributed by atoms with Gasteiger partial charge in [-0.15, -0.1) is 0 Å². The van der Waals surface area contributed by atoms with Gasteiger partial charge in [-0.25, -0.2) is 8.42 Å². The number of aryl methyl sites for hydroxylation is 1. The number of anilines is 2. The third-order valence-electron chi connectivity index (χ3n) is 3.85. The molecule has 0 bridgehead atoms. The molecule has 0 heterocycles. The van der Waals surface area contributed by atoms with E-state index in [4.69, 9.17) is 0 Å². The molecule has 7 nitrogen and oxygen atoms in total. The lowest BCUT2D eigenvalue weighted by Gasteiger charge is -2.19. The van der Waals surface area contributed by atoms with Gasteiger partial charge >= 0.3 is 0 Å². The van der Waals surface area contributed by atoms with E-state index in [0.717, 1.165) is 18.2 Å². The molecule has 2 aromatic carbocycles. The van der Waals surface area contributed by atoms with Gasteiger partial charge < -0.3 is 10.2 Å². The second-order valence-corrected chi connectivity index (χ2v) is 7.89. The molecule has 0 saturated carbocycles. The summed E-state index contributed by atoms with van der Waals surface area (Å²) in [4.78, 5) is 26.2. The molecule has 2 amide bonds. The van der Waals surface area contributed by atoms with Crippen LogP contribution >= 0.6 is 0 Å². The summed E-state index contributed by atoms with van der Waals surface area (Å²) in [5.41, 5.74) is 2.06. The Bertz CT molecular complexity index is 941. The van der Waals surface area contributed by atoms with E-state index in [-0.39, 0.29) is 23.7 Å². The summed E-state index contributed by atoms with van der Waals surface area (Å²) >= 11 is 0. The van der Waals surface area contributed by atoms with E-state index in [1.165, 1.54) is 24.1 Å². The van der Waals surface area contributed by atoms with Crippen molar-refractivity contribution in [2.24, 2.45) is 0 Å². The molecule has 2 aromatic rings. The van der Waals surface area contributed by atoms with Crippen molar-refractivity contribution < 1.29 is 18.0 Å². The molecule has 0 fully saturated rings. The van der Waals surface area contributed by atoms with Crippen LogP contribution in [0.2, 0.25) is 0 Å². The molecular weight excluding hydrogens is 366 g/mol. The Labute approximate surface area is 159 Å². The second-order valence-electron chi connectivity index (χ2n) is 6.14. The molecular formula is C19H23N3O4S. The van der Waals surface area contributed by atoms with Gasteiger partial charge in [0.05, 0.1) is 24.1 Å². The van der Waals surface area contributed by atoms with Crippen LogP contribution in [0.15, 0.2) is 48.5 Å². The van der Waals surface area contributed by atoms with E-state index in [9.17, 15) is 18.0 Å². The van der Waals surface area contributed by atoms with Crippen molar-refractivity contribution in [1.29, 1.82) is 0 Å². The average Bonchev–Trinajstić information content (AvgIpc) is 2.60. The highest BCUT2D eigenvalue weighted by atomic mass is 32.2. The quantitative estimate of drug-likeness (QED) is 0.760. The summed E-state index contributed by atoms with van der Waals surface area (Å²) in [6.07, 6.45) is 1.78. The molecule has 8 heteroatoms. The summed E-state index contributed by atoms with van der Waals surface area (Å²) in [7, 11) is -2.04. The molecule has 0 spiro atoms. The largest absolute Gasteiger partial charge is 0.332 e. The second kappa shape index (κ2) is 8.68. The molecule has 0 aliphatic heterocycles. The molecule has 144 valence electrons. The van der Waals surface area contributed by atoms with E-state index >= 15 is 0 Å². The van der Waals surface area contributed by atoms with Gasteiger partial charge in [0.15, 0.2) is 0 Å². The van der Waals surface area contributed by atoms with Crippen LogP contribution in [0, 0.1) is 0 Å². The number of carbonyl (C=O) groups is 2. The Kier molecular flexibility index (Phi) is 6.57. The minimum Gasteiger partial charge on any atom is -0.332 e. The van der Waals surface area contributed by atoms with Crippen molar-refractivity contribution >= 4 is 33.2 Å². The maximum Gasteiger partial charge on any atom is 0.256 e. The number of para-hydroxylation sites is 2. The normalized spacial score (nSPS) is 10.9. The van der Waals surface area contributed by atoms with E-state index in [2.05, 4.69) is 10.0 Å². The highest BCUT2D eigenvalue weighted by molar-refractivity contribution is 7.92. The van der Waals surface area contributed by atoms with E-state index in [1.807, 2.05) is 31.2 Å². The first kappa shape index (κ1) is 20.4. The van der Waals surface area contributed by atoms with Crippen LogP contribution in [0.5, 0.6) is 0 Å². The summed E-state index contributed by atoms with van der Waals surface area (Å²) < 4.78 is 25.3. The lowest BCUT2D eigenvalue weighted by atomic mass is 10.1. The van der Waals surface area contributed by atoms with Gasteiger partial charge in [-0.05, 0) is 30.2 Å². The van der Waals surface area contributed by atoms with Crippen LogP contribution in [0.25, 0.3) is 0 Å². The predicted octanol–water partition coefficient (Wildman–Crippen LogP) is 2.33. The first-order valence-electron chi connectivity index (χ1n) is 8.41. The predicted molar refractivity (Wildman–Crippen MR) is 106 cm³/mol. The molecule has 0 aromatic heterocycles. The van der Waals surface area contributed by atoms with Crippen molar-refractivity contribution in [3.8, 4) is 0 Å². The van der Waals surface area contributed by atoms with Gasteiger partial charge in [0, 0.05) is 12.7 Å². The Hall–Kier alpha value is -2.87. The number of sulfonamides is 1. The number of benzene rings is 2. The van der Waals surface area contributed by atoms with E-state index < -0.39 is 15.9 Å². The van der Waals surface area contributed by atoms with Crippen molar-refractivity contribution in [3.05, 3.63) is 59.7 Å². The number of amides is 2. The third kappa shape index (κ3) is 5.82. The van der Waals surface area contributed by atoms with Gasteiger partial charge in [0.1, 0.15) is 0 Å². The summed E-state index contributed by atoms with van der Waals surface area (Å²) in [6.45, 7) is 1.83. The Morgan fingerprint density at radius 3 is 2.22 bits per heavy atom. The summed E-state index contributed by atoms with van der Waals surface area (Å²) in [5, 5.41) is 2.81. The Balaban J connectivity index is 2.11. The zero-order valence-corrected chi connectivity index (χ0v) is 16.3. The highest BCUT2D eigenvalue weighted by Crippen LogP contribution is 2.19. The van der Waals surface area contributed by atoms with Gasteiger partial charge in [-0.1, -0.05) is 37.3 Å². The van der Waals surface area contributed by atoms with E-state index in [1.54, 1.807) is 12.1 Å². The Morgan fingerprint density at radius 2 is 1.59 bits per heavy atom. The third-order valence-corrected chi connectivity index (χ3v) is 4.44. The topological polar surface area (TPSA) is 95.6 Å². The van der Waals surface area contributed by atoms with Crippen LogP contribution in [0.1, 0.15) is 22.8 Å². The SMILES string of the molecule is CCc1ccccc1NC(=O)CN(C)C(=O)c1ccccc1NS(C)(=O)=O. The number of rotatable bonds is 7. The molecule has 2 rings (SSSR count). The molecule has 0 radical (unpaired) electrons. The first-order valence-corrected chi connectivity index (χ1v) is 10.3. The van der Waals surface area contributed by atoms with Gasteiger partial charge in [-0.3, -0.25) is 14.3 Å². The number of hydrogen-bond donors (Lipinski definition) is 2. The summed E-state index contributed by atoms with van der Waals surface area (Å²) in [6, 6.07) is 13.7. The highest BCUT2D eigenvalue weighted by Gasteiger charge is 2.19. The lowest BCUT2D eigenvalue weighted by molar-refractivity contribution is -0.116. The van der Waals surface area contributed by atoms with Gasteiger partial charge in [0.25, 0.3) is 5.91 Å². The van der Waals surface area contributed by atoms with Crippen molar-refractivity contribution in [1.82, 2.24) is 4.90 Å². The van der Waals surface area contributed by atoms with Crippen LogP contribution in [-0.2, 0) is 21.2 Å². The number of nitrogens with one attached hydrogen (secondary N) is 2. The molecule has 0 saturated heterocycles. The maximum atomic E-state index is 12.7. The number of hydrogen-bond acceptors (Lipinski definition) is 4. The lowest BCUT2D eigenvalue weighted by Crippen LogP contribution is -2.35. The van der Waals surface area contributed by atoms with Crippen LogP contribution in [0.3, 0.4) is 0 Å². The minimum absolute atomic E-state index is 0.163. The van der Waals surface area contributed by atoms with Crippen LogP contribution in [0.4, 0.5) is 11.4 Å². The van der Waals surface area contributed by atoms with Crippen molar-refractivity contribution in [3.63, 3.8) is 0 Å². The Morgan fingerprint density at radius 1 is 1.00 bits per heavy atom. The van der Waals surface area contributed by atoms with Crippen LogP contribution < -0.4 is 10.0 Å². The molecule has 2 N–H and O–H groups in total. The molecule has 0 atom stereocenters. The number of likely N-dealkylation sites (N-methyl/N-ethyl adjacent to an activating group) is 1. The monoisotopic (exact) mass is 389 g/mol. The van der Waals surface area contributed by atoms with Gasteiger partial charge in [0.2, 0.25) is 15.9 Å². The summed E-state index contributed by atoms with van der Waals surface area (Å²) in [5.74, 6) is -0.791. The zero-order chi connectivity index (χ0) is 20.0. The van der Waals surface area contributed by atoms with Crippen LogP contribution in [-0.4, -0.2) is 45.0 Å². The van der Waals surface area contributed by atoms with Crippen molar-refractivity contribution in [2.75, 3.05) is 29.9 Å². The fraction of sp³-hybridized carbons (Fsp3) is 0.263. The number of nitrogens with zero attached hydrogens (tertiary/aromatic N) is 1. The fourth-order valence-electron chi connectivity index (χ4n) is 2.59. The molecule has 27 heavy (non-hydrogen) atoms. The molecule has 0 aliphatic rings. The average molecular weight is 389 g/mol.